The number of ether oxygens (including phenoxy) is 1. The summed E-state index contributed by atoms with van der Waals surface area (Å²) < 4.78 is 5.41. The van der Waals surface area contributed by atoms with Crippen LogP contribution in [0.4, 0.5) is 0 Å². The number of carbonyl (C=O) groups excluding carboxylic acids is 1. The van der Waals surface area contributed by atoms with E-state index in [1.807, 2.05) is 32.1 Å². The molecule has 0 saturated carbocycles. The molecule has 0 aliphatic heterocycles. The van der Waals surface area contributed by atoms with Crippen molar-refractivity contribution in [2.75, 3.05) is 7.11 Å². The Bertz CT molecular complexity index is 686. The van der Waals surface area contributed by atoms with Gasteiger partial charge in [-0.3, -0.25) is 4.79 Å². The normalized spacial score (nSPS) is 13.1. The Morgan fingerprint density at radius 3 is 2.39 bits per heavy atom. The van der Waals surface area contributed by atoms with Gasteiger partial charge in [-0.25, -0.2) is 0 Å². The van der Waals surface area contributed by atoms with Gasteiger partial charge in [-0.15, -0.1) is 0 Å². The first kappa shape index (κ1) is 18.7. The molecule has 0 aliphatic carbocycles. The molecule has 2 nitrogen and oxygen atoms in total. The van der Waals surface area contributed by atoms with Crippen LogP contribution in [0.3, 0.4) is 0 Å². The number of aryl methyl sites for hydroxylation is 1. The average molecular weight is 309 g/mol. The second kappa shape index (κ2) is 8.94. The number of rotatable bonds is 6. The lowest BCUT2D eigenvalue weighted by atomic mass is 9.96. The Morgan fingerprint density at radius 1 is 1.09 bits per heavy atom. The van der Waals surface area contributed by atoms with Crippen LogP contribution in [0.15, 0.2) is 47.6 Å². The van der Waals surface area contributed by atoms with E-state index in [2.05, 4.69) is 39.0 Å². The Hall–Kier alpha value is -2.35. The minimum absolute atomic E-state index is 0.880. The molecule has 0 saturated heterocycles. The molecule has 0 aliphatic rings. The summed E-state index contributed by atoms with van der Waals surface area (Å²) in [6, 6.07) is 2.07. The van der Waals surface area contributed by atoms with Crippen molar-refractivity contribution in [1.29, 1.82) is 0 Å². The van der Waals surface area contributed by atoms with Crippen LogP contribution in [0, 0.1) is 20.8 Å². The van der Waals surface area contributed by atoms with Crippen LogP contribution in [0.1, 0.15) is 36.1 Å². The lowest BCUT2D eigenvalue weighted by Gasteiger charge is -2.13. The molecule has 0 aromatic heterocycles. The number of hydrogen-bond acceptors (Lipinski definition) is 2. The van der Waals surface area contributed by atoms with Gasteiger partial charge in [-0.1, -0.05) is 36.0 Å². The smallest absolute Gasteiger partial charge is 0.225 e. The first-order valence-corrected chi connectivity index (χ1v) is 7.63. The van der Waals surface area contributed by atoms with Crippen LogP contribution in [-0.2, 0) is 4.79 Å². The number of hydrogen-bond donors (Lipinski definition) is 0. The first-order chi connectivity index (χ1) is 10.9. The van der Waals surface area contributed by atoms with Crippen molar-refractivity contribution in [3.05, 3.63) is 69.8 Å². The second-order valence-electron chi connectivity index (χ2n) is 5.67. The van der Waals surface area contributed by atoms with E-state index in [1.54, 1.807) is 13.4 Å². The Balaban J connectivity index is 2.99. The van der Waals surface area contributed by atoms with E-state index in [0.717, 1.165) is 16.9 Å². The zero-order valence-electron chi connectivity index (χ0n) is 14.9. The predicted molar refractivity (Wildman–Crippen MR) is 98.6 cm³/mol. The third-order valence-corrected chi connectivity index (χ3v) is 3.85. The molecule has 0 fully saturated rings. The molecule has 0 amide bonds. The van der Waals surface area contributed by atoms with Crippen molar-refractivity contribution < 1.29 is 9.53 Å². The van der Waals surface area contributed by atoms with Gasteiger partial charge < -0.3 is 4.74 Å². The summed E-state index contributed by atoms with van der Waals surface area (Å²) in [7, 11) is 1.70. The van der Waals surface area contributed by atoms with Gasteiger partial charge in [0.15, 0.2) is 0 Å². The third-order valence-electron chi connectivity index (χ3n) is 3.85. The molecule has 0 heterocycles. The highest BCUT2D eigenvalue weighted by atomic mass is 16.5. The quantitative estimate of drug-likeness (QED) is 0.534. The van der Waals surface area contributed by atoms with Crippen LogP contribution >= 0.6 is 0 Å². The van der Waals surface area contributed by atoms with E-state index in [-0.39, 0.29) is 0 Å². The zero-order valence-corrected chi connectivity index (χ0v) is 14.9. The lowest BCUT2D eigenvalue weighted by molar-refractivity contribution is 0.411. The van der Waals surface area contributed by atoms with Gasteiger partial charge in [0.25, 0.3) is 0 Å². The predicted octanol–water partition coefficient (Wildman–Crippen LogP) is 5.19. The molecular formula is C21H25O2. The van der Waals surface area contributed by atoms with Crippen LogP contribution in [0.5, 0.6) is 5.75 Å². The summed E-state index contributed by atoms with van der Waals surface area (Å²) in [6.45, 7) is 10.2. The van der Waals surface area contributed by atoms with Gasteiger partial charge in [0.2, 0.25) is 6.29 Å². The Kier molecular flexibility index (Phi) is 7.27. The topological polar surface area (TPSA) is 26.3 Å². The van der Waals surface area contributed by atoms with E-state index >= 15 is 0 Å². The number of allylic oxidation sites excluding steroid dienone is 7. The van der Waals surface area contributed by atoms with Crippen LogP contribution in [-0.4, -0.2) is 13.4 Å². The summed E-state index contributed by atoms with van der Waals surface area (Å²) in [6.07, 6.45) is 13.3. The summed E-state index contributed by atoms with van der Waals surface area (Å²) in [5, 5.41) is 0. The molecule has 1 radical (unpaired) electrons. The molecule has 2 heteroatoms. The maximum absolute atomic E-state index is 10.2. The molecule has 0 bridgehead atoms. The SMILES string of the molecule is COc1cc(C)c(/C=C/C(C)=C/C=C/C(C)=C/[C]=O)c(C)c1C. The summed E-state index contributed by atoms with van der Waals surface area (Å²) >= 11 is 0. The standard InChI is InChI=1S/C21H25O2/c1-15(8-7-9-16(2)12-13-22)10-11-20-17(3)14-21(23-6)19(5)18(20)4/h7-12,14H,1-6H3/b9-7+,11-10+,15-8+,16-12+. The first-order valence-electron chi connectivity index (χ1n) is 7.63. The molecular weight excluding hydrogens is 284 g/mol. The van der Waals surface area contributed by atoms with Gasteiger partial charge in [-0.05, 0) is 74.6 Å². The van der Waals surface area contributed by atoms with E-state index in [0.29, 0.717) is 0 Å². The summed E-state index contributed by atoms with van der Waals surface area (Å²) in [4.78, 5) is 10.2. The number of benzene rings is 1. The molecule has 0 spiro atoms. The average Bonchev–Trinajstić information content (AvgIpc) is 2.51. The van der Waals surface area contributed by atoms with Gasteiger partial charge >= 0.3 is 0 Å². The summed E-state index contributed by atoms with van der Waals surface area (Å²) in [5.74, 6) is 0.932. The molecule has 23 heavy (non-hydrogen) atoms. The highest BCUT2D eigenvalue weighted by Crippen LogP contribution is 2.28. The minimum Gasteiger partial charge on any atom is -0.496 e. The van der Waals surface area contributed by atoms with Crippen molar-refractivity contribution in [2.45, 2.75) is 34.6 Å². The Labute approximate surface area is 139 Å². The van der Waals surface area contributed by atoms with Crippen molar-refractivity contribution in [2.24, 2.45) is 0 Å². The van der Waals surface area contributed by atoms with Gasteiger partial charge in [0.1, 0.15) is 5.75 Å². The molecule has 1 aromatic carbocycles. The highest BCUT2D eigenvalue weighted by Gasteiger charge is 2.08. The van der Waals surface area contributed by atoms with Gasteiger partial charge in [0.05, 0.1) is 7.11 Å². The van der Waals surface area contributed by atoms with Crippen LogP contribution in [0.2, 0.25) is 0 Å². The lowest BCUT2D eigenvalue weighted by Crippen LogP contribution is -1.95. The van der Waals surface area contributed by atoms with Crippen molar-refractivity contribution >= 4 is 12.4 Å². The fourth-order valence-electron chi connectivity index (χ4n) is 2.30. The van der Waals surface area contributed by atoms with E-state index < -0.39 is 0 Å². The molecule has 0 unspecified atom stereocenters. The van der Waals surface area contributed by atoms with E-state index in [9.17, 15) is 4.79 Å². The Morgan fingerprint density at radius 2 is 1.78 bits per heavy atom. The highest BCUT2D eigenvalue weighted by molar-refractivity contribution is 5.68. The van der Waals surface area contributed by atoms with Crippen LogP contribution in [0.25, 0.3) is 6.08 Å². The van der Waals surface area contributed by atoms with Crippen molar-refractivity contribution in [3.63, 3.8) is 0 Å². The fraction of sp³-hybridized carbons (Fsp3) is 0.286. The van der Waals surface area contributed by atoms with Crippen molar-refractivity contribution in [3.8, 4) is 5.75 Å². The second-order valence-corrected chi connectivity index (χ2v) is 5.67. The van der Waals surface area contributed by atoms with E-state index in [4.69, 9.17) is 4.74 Å². The van der Waals surface area contributed by atoms with Crippen LogP contribution < -0.4 is 4.74 Å². The third kappa shape index (κ3) is 5.41. The van der Waals surface area contributed by atoms with Gasteiger partial charge in [-0.2, -0.15) is 0 Å². The molecule has 121 valence electrons. The molecule has 0 atom stereocenters. The zero-order chi connectivity index (χ0) is 17.4. The largest absolute Gasteiger partial charge is 0.496 e. The van der Waals surface area contributed by atoms with Gasteiger partial charge in [0, 0.05) is 0 Å². The fourth-order valence-corrected chi connectivity index (χ4v) is 2.30. The van der Waals surface area contributed by atoms with E-state index in [1.165, 1.54) is 28.3 Å². The number of methoxy groups -OCH3 is 1. The maximum atomic E-state index is 10.2. The maximum Gasteiger partial charge on any atom is 0.225 e. The molecule has 1 aromatic rings. The summed E-state index contributed by atoms with van der Waals surface area (Å²) in [5.41, 5.74) is 6.85. The molecule has 0 N–H and O–H groups in total. The molecule has 1 rings (SSSR count). The van der Waals surface area contributed by atoms with Crippen molar-refractivity contribution in [1.82, 2.24) is 0 Å². The minimum atomic E-state index is 0.880. The monoisotopic (exact) mass is 309 g/mol.